The predicted octanol–water partition coefficient (Wildman–Crippen LogP) is 1.67. The fourth-order valence-electron chi connectivity index (χ4n) is 2.47. The van der Waals surface area contributed by atoms with Gasteiger partial charge in [-0.15, -0.1) is 12.4 Å². The minimum absolute atomic E-state index is 0. The molecule has 1 aliphatic rings. The Labute approximate surface area is 139 Å². The molecule has 23 heavy (non-hydrogen) atoms. The molecule has 1 fully saturated rings. The summed E-state index contributed by atoms with van der Waals surface area (Å²) in [6, 6.07) is 4.22. The highest BCUT2D eigenvalue weighted by Gasteiger charge is 2.28. The maximum Gasteiger partial charge on any atom is 0.307 e. The Kier molecular flexibility index (Phi) is 6.47. The summed E-state index contributed by atoms with van der Waals surface area (Å²) >= 11 is 0. The van der Waals surface area contributed by atoms with Crippen molar-refractivity contribution in [3.63, 3.8) is 0 Å². The minimum Gasteiger partial charge on any atom is -0.481 e. The van der Waals surface area contributed by atoms with Crippen molar-refractivity contribution in [1.82, 2.24) is 4.90 Å². The van der Waals surface area contributed by atoms with E-state index in [-0.39, 0.29) is 30.5 Å². The number of carbonyl (C=O) groups is 2. The number of carboxylic acid groups (broad SMARTS) is 1. The Bertz CT molecular complexity index is 622. The molecule has 1 unspecified atom stereocenters. The summed E-state index contributed by atoms with van der Waals surface area (Å²) in [5.74, 6) is -1.52. The second-order valence-corrected chi connectivity index (χ2v) is 5.36. The van der Waals surface area contributed by atoms with Crippen molar-refractivity contribution in [3.05, 3.63) is 33.9 Å². The van der Waals surface area contributed by atoms with E-state index < -0.39 is 16.8 Å². The molecule has 1 aromatic carbocycles. The van der Waals surface area contributed by atoms with Gasteiger partial charge in [0.05, 0.1) is 17.4 Å². The standard InChI is InChI=1S/C14H17N3O5.ClH/c1-9-6-11(17(21)22)2-3-12(9)15-13(18)8-16-5-4-10(7-16)14(19)20;/h2-3,6,10H,4-5,7-8H2,1H3,(H,15,18)(H,19,20);1H. The van der Waals surface area contributed by atoms with Crippen molar-refractivity contribution in [1.29, 1.82) is 0 Å². The minimum atomic E-state index is -0.839. The van der Waals surface area contributed by atoms with E-state index in [0.29, 0.717) is 30.8 Å². The molecule has 2 rings (SSSR count). The Hall–Kier alpha value is -2.19. The molecule has 1 amide bonds. The van der Waals surface area contributed by atoms with Crippen LogP contribution >= 0.6 is 12.4 Å². The van der Waals surface area contributed by atoms with Crippen LogP contribution in [0.15, 0.2) is 18.2 Å². The van der Waals surface area contributed by atoms with Gasteiger partial charge in [0.2, 0.25) is 5.91 Å². The Balaban J connectivity index is 0.00000264. The Morgan fingerprint density at radius 2 is 2.17 bits per heavy atom. The number of carbonyl (C=O) groups excluding carboxylic acids is 1. The number of likely N-dealkylation sites (tertiary alicyclic amines) is 1. The highest BCUT2D eigenvalue weighted by molar-refractivity contribution is 5.93. The van der Waals surface area contributed by atoms with E-state index in [9.17, 15) is 19.7 Å². The summed E-state index contributed by atoms with van der Waals surface area (Å²) in [7, 11) is 0. The summed E-state index contributed by atoms with van der Waals surface area (Å²) in [6.07, 6.45) is 0.541. The smallest absolute Gasteiger partial charge is 0.307 e. The van der Waals surface area contributed by atoms with E-state index in [2.05, 4.69) is 5.32 Å². The zero-order chi connectivity index (χ0) is 16.3. The van der Waals surface area contributed by atoms with Crippen LogP contribution in [0.3, 0.4) is 0 Å². The number of non-ortho nitro benzene ring substituents is 1. The van der Waals surface area contributed by atoms with Crippen molar-refractivity contribution in [2.45, 2.75) is 13.3 Å². The van der Waals surface area contributed by atoms with Gasteiger partial charge in [-0.25, -0.2) is 0 Å². The molecule has 126 valence electrons. The topological polar surface area (TPSA) is 113 Å². The third-order valence-electron chi connectivity index (χ3n) is 3.68. The molecule has 2 N–H and O–H groups in total. The lowest BCUT2D eigenvalue weighted by molar-refractivity contribution is -0.384. The monoisotopic (exact) mass is 343 g/mol. The fourth-order valence-corrected chi connectivity index (χ4v) is 2.47. The van der Waals surface area contributed by atoms with E-state index in [1.54, 1.807) is 11.8 Å². The van der Waals surface area contributed by atoms with Gasteiger partial charge < -0.3 is 10.4 Å². The van der Waals surface area contributed by atoms with Crippen LogP contribution < -0.4 is 5.32 Å². The van der Waals surface area contributed by atoms with Crippen LogP contribution in [0.25, 0.3) is 0 Å². The SMILES string of the molecule is Cc1cc([N+](=O)[O-])ccc1NC(=O)CN1CCC(C(=O)O)C1.Cl. The molecule has 8 nitrogen and oxygen atoms in total. The molecule has 0 spiro atoms. The molecule has 1 heterocycles. The fraction of sp³-hybridized carbons (Fsp3) is 0.429. The lowest BCUT2D eigenvalue weighted by Crippen LogP contribution is -2.32. The number of aliphatic carboxylic acids is 1. The lowest BCUT2D eigenvalue weighted by atomic mass is 10.1. The maximum absolute atomic E-state index is 12.0. The molecule has 0 bridgehead atoms. The van der Waals surface area contributed by atoms with Crippen LogP contribution in [0.4, 0.5) is 11.4 Å². The number of nitrogens with one attached hydrogen (secondary N) is 1. The molecule has 0 saturated carbocycles. The first kappa shape index (κ1) is 18.9. The number of carboxylic acids is 1. The molecule has 9 heteroatoms. The van der Waals surface area contributed by atoms with Crippen LogP contribution in [0.5, 0.6) is 0 Å². The number of hydrogen-bond acceptors (Lipinski definition) is 5. The average Bonchev–Trinajstić information content (AvgIpc) is 2.89. The zero-order valence-electron chi connectivity index (χ0n) is 12.5. The van der Waals surface area contributed by atoms with E-state index in [4.69, 9.17) is 5.11 Å². The van der Waals surface area contributed by atoms with Crippen molar-refractivity contribution in [2.75, 3.05) is 25.0 Å². The number of amides is 1. The highest BCUT2D eigenvalue weighted by atomic mass is 35.5. The number of hydrogen-bond donors (Lipinski definition) is 2. The maximum atomic E-state index is 12.0. The normalized spacial score (nSPS) is 17.3. The second-order valence-electron chi connectivity index (χ2n) is 5.36. The van der Waals surface area contributed by atoms with E-state index in [1.807, 2.05) is 0 Å². The molecule has 0 radical (unpaired) electrons. The molecular weight excluding hydrogens is 326 g/mol. The van der Waals surface area contributed by atoms with Gasteiger partial charge in [-0.05, 0) is 31.5 Å². The lowest BCUT2D eigenvalue weighted by Gasteiger charge is -2.15. The third kappa shape index (κ3) is 4.90. The molecule has 0 aliphatic carbocycles. The van der Waals surface area contributed by atoms with Gasteiger partial charge in [0, 0.05) is 24.4 Å². The largest absolute Gasteiger partial charge is 0.481 e. The van der Waals surface area contributed by atoms with Crippen LogP contribution in [0.1, 0.15) is 12.0 Å². The predicted molar refractivity (Wildman–Crippen MR) is 85.9 cm³/mol. The number of halogens is 1. The summed E-state index contributed by atoms with van der Waals surface area (Å²) in [4.78, 5) is 34.8. The van der Waals surface area contributed by atoms with Gasteiger partial charge in [-0.3, -0.25) is 24.6 Å². The number of nitrogens with zero attached hydrogens (tertiary/aromatic N) is 2. The Morgan fingerprint density at radius 3 is 2.70 bits per heavy atom. The second kappa shape index (κ2) is 7.89. The van der Waals surface area contributed by atoms with E-state index in [0.717, 1.165) is 0 Å². The van der Waals surface area contributed by atoms with Crippen molar-refractivity contribution >= 4 is 35.7 Å². The van der Waals surface area contributed by atoms with Gasteiger partial charge in [0.1, 0.15) is 0 Å². The van der Waals surface area contributed by atoms with Gasteiger partial charge >= 0.3 is 5.97 Å². The number of benzene rings is 1. The molecule has 1 aromatic rings. The first-order valence-corrected chi connectivity index (χ1v) is 6.87. The zero-order valence-corrected chi connectivity index (χ0v) is 13.3. The molecule has 1 saturated heterocycles. The Morgan fingerprint density at radius 1 is 1.48 bits per heavy atom. The van der Waals surface area contributed by atoms with Crippen LogP contribution in [-0.4, -0.2) is 46.4 Å². The molecular formula is C14H18ClN3O5. The summed E-state index contributed by atoms with van der Waals surface area (Å²) < 4.78 is 0. The first-order chi connectivity index (χ1) is 10.4. The first-order valence-electron chi connectivity index (χ1n) is 6.87. The van der Waals surface area contributed by atoms with Gasteiger partial charge in [0.25, 0.3) is 5.69 Å². The van der Waals surface area contributed by atoms with Gasteiger partial charge in [0.15, 0.2) is 0 Å². The van der Waals surface area contributed by atoms with E-state index in [1.165, 1.54) is 18.2 Å². The number of anilines is 1. The third-order valence-corrected chi connectivity index (χ3v) is 3.68. The number of aryl methyl sites for hydroxylation is 1. The summed E-state index contributed by atoms with van der Waals surface area (Å²) in [5, 5.41) is 22.3. The van der Waals surface area contributed by atoms with Gasteiger partial charge in [-0.2, -0.15) is 0 Å². The summed E-state index contributed by atoms with van der Waals surface area (Å²) in [6.45, 7) is 2.73. The van der Waals surface area contributed by atoms with Crippen LogP contribution in [0, 0.1) is 23.0 Å². The number of nitro benzene ring substituents is 1. The molecule has 1 aliphatic heterocycles. The quantitative estimate of drug-likeness (QED) is 0.621. The number of rotatable bonds is 5. The van der Waals surface area contributed by atoms with Crippen LogP contribution in [0.2, 0.25) is 0 Å². The van der Waals surface area contributed by atoms with E-state index >= 15 is 0 Å². The highest BCUT2D eigenvalue weighted by Crippen LogP contribution is 2.21. The van der Waals surface area contributed by atoms with Crippen LogP contribution in [-0.2, 0) is 9.59 Å². The number of nitro groups is 1. The van der Waals surface area contributed by atoms with Crippen molar-refractivity contribution < 1.29 is 19.6 Å². The molecule has 0 aromatic heterocycles. The van der Waals surface area contributed by atoms with Gasteiger partial charge in [-0.1, -0.05) is 0 Å². The van der Waals surface area contributed by atoms with Crippen molar-refractivity contribution in [3.8, 4) is 0 Å². The summed E-state index contributed by atoms with van der Waals surface area (Å²) in [5.41, 5.74) is 1.09. The average molecular weight is 344 g/mol. The van der Waals surface area contributed by atoms with Crippen molar-refractivity contribution in [2.24, 2.45) is 5.92 Å². The molecule has 1 atom stereocenters.